The van der Waals surface area contributed by atoms with Crippen LogP contribution in [0.25, 0.3) is 11.3 Å². The van der Waals surface area contributed by atoms with Crippen molar-refractivity contribution in [2.45, 2.75) is 0 Å². The highest BCUT2D eigenvalue weighted by Crippen LogP contribution is 2.22. The summed E-state index contributed by atoms with van der Waals surface area (Å²) >= 11 is 0. The molecule has 17 heavy (non-hydrogen) atoms. The predicted molar refractivity (Wildman–Crippen MR) is 54.9 cm³/mol. The maximum Gasteiger partial charge on any atom is 0.153 e. The van der Waals surface area contributed by atoms with E-state index in [4.69, 9.17) is 0 Å². The first-order chi connectivity index (χ1) is 8.11. The van der Waals surface area contributed by atoms with Gasteiger partial charge >= 0.3 is 0 Å². The second-order valence-electron chi connectivity index (χ2n) is 3.33. The molecule has 0 N–H and O–H groups in total. The third-order valence-corrected chi connectivity index (χ3v) is 2.22. The minimum absolute atomic E-state index is 0.00880. The molecule has 1 aromatic heterocycles. The third-order valence-electron chi connectivity index (χ3n) is 2.22. The Balaban J connectivity index is 2.56. The molecule has 0 fully saturated rings. The number of halogens is 3. The summed E-state index contributed by atoms with van der Waals surface area (Å²) in [6.45, 7) is 0. The zero-order valence-corrected chi connectivity index (χ0v) is 8.45. The van der Waals surface area contributed by atoms with Crippen LogP contribution in [-0.4, -0.2) is 11.3 Å². The van der Waals surface area contributed by atoms with E-state index in [2.05, 4.69) is 4.98 Å². The molecule has 5 heteroatoms. The average molecular weight is 237 g/mol. The molecule has 2 aromatic rings. The summed E-state index contributed by atoms with van der Waals surface area (Å²) in [4.78, 5) is 14.2. The molecule has 1 heterocycles. The van der Waals surface area contributed by atoms with Gasteiger partial charge in [0.25, 0.3) is 0 Å². The molecule has 0 aliphatic carbocycles. The van der Waals surface area contributed by atoms with Gasteiger partial charge < -0.3 is 0 Å². The topological polar surface area (TPSA) is 30.0 Å². The lowest BCUT2D eigenvalue weighted by Gasteiger charge is -2.03. The number of hydrogen-bond donors (Lipinski definition) is 0. The van der Waals surface area contributed by atoms with Crippen LogP contribution < -0.4 is 0 Å². The highest BCUT2D eigenvalue weighted by molar-refractivity contribution is 5.78. The molecule has 0 aliphatic heterocycles. The van der Waals surface area contributed by atoms with E-state index in [-0.39, 0.29) is 16.8 Å². The SMILES string of the molecule is O=Cc1cc(-c2ccc(F)cc2F)ncc1F. The fourth-order valence-corrected chi connectivity index (χ4v) is 1.39. The molecule has 0 atom stereocenters. The van der Waals surface area contributed by atoms with Gasteiger partial charge in [0.2, 0.25) is 0 Å². The lowest BCUT2D eigenvalue weighted by Crippen LogP contribution is -1.94. The van der Waals surface area contributed by atoms with Gasteiger partial charge in [0, 0.05) is 11.6 Å². The zero-order valence-electron chi connectivity index (χ0n) is 8.45. The predicted octanol–water partition coefficient (Wildman–Crippen LogP) is 2.98. The van der Waals surface area contributed by atoms with E-state index in [1.54, 1.807) is 0 Å². The highest BCUT2D eigenvalue weighted by Gasteiger charge is 2.10. The first-order valence-corrected chi connectivity index (χ1v) is 4.68. The van der Waals surface area contributed by atoms with E-state index >= 15 is 0 Å². The fraction of sp³-hybridized carbons (Fsp3) is 0. The van der Waals surface area contributed by atoms with Crippen LogP contribution in [0.5, 0.6) is 0 Å². The number of carbonyl (C=O) groups is 1. The van der Waals surface area contributed by atoms with Gasteiger partial charge in [0.15, 0.2) is 12.1 Å². The Labute approximate surface area is 94.7 Å². The van der Waals surface area contributed by atoms with Crippen molar-refractivity contribution in [1.29, 1.82) is 0 Å². The molecule has 0 bridgehead atoms. The Morgan fingerprint density at radius 2 is 1.82 bits per heavy atom. The van der Waals surface area contributed by atoms with Gasteiger partial charge in [-0.25, -0.2) is 13.2 Å². The van der Waals surface area contributed by atoms with Gasteiger partial charge in [-0.05, 0) is 18.2 Å². The quantitative estimate of drug-likeness (QED) is 0.751. The molecule has 0 aliphatic rings. The van der Waals surface area contributed by atoms with Gasteiger partial charge in [0.1, 0.15) is 11.6 Å². The summed E-state index contributed by atoms with van der Waals surface area (Å²) in [6, 6.07) is 4.04. The van der Waals surface area contributed by atoms with Crippen molar-refractivity contribution in [3.8, 4) is 11.3 Å². The van der Waals surface area contributed by atoms with Crippen LogP contribution in [-0.2, 0) is 0 Å². The standard InChI is InChI=1S/C12H6F3NO/c13-8-1-2-9(10(14)4-8)12-3-7(6-17)11(15)5-16-12/h1-6H. The molecule has 0 unspecified atom stereocenters. The Bertz CT molecular complexity index is 584. The molecule has 1 aromatic carbocycles. The summed E-state index contributed by atoms with van der Waals surface area (Å²) in [5.41, 5.74) is -0.140. The zero-order chi connectivity index (χ0) is 12.4. The monoisotopic (exact) mass is 237 g/mol. The third kappa shape index (κ3) is 2.18. The lowest BCUT2D eigenvalue weighted by atomic mass is 10.1. The lowest BCUT2D eigenvalue weighted by molar-refractivity contribution is 0.111. The number of carbonyl (C=O) groups excluding carboxylic acids is 1. The van der Waals surface area contributed by atoms with E-state index in [1.165, 1.54) is 6.07 Å². The molecule has 0 saturated heterocycles. The molecular formula is C12H6F3NO. The van der Waals surface area contributed by atoms with Crippen LogP contribution in [0.1, 0.15) is 10.4 Å². The van der Waals surface area contributed by atoms with Crippen LogP contribution in [0.3, 0.4) is 0 Å². The Kier molecular flexibility index (Phi) is 2.91. The number of rotatable bonds is 2. The number of pyridine rings is 1. The molecule has 86 valence electrons. The van der Waals surface area contributed by atoms with Gasteiger partial charge in [0.05, 0.1) is 17.5 Å². The first-order valence-electron chi connectivity index (χ1n) is 4.68. The van der Waals surface area contributed by atoms with Crippen molar-refractivity contribution >= 4 is 6.29 Å². The van der Waals surface area contributed by atoms with E-state index < -0.39 is 17.5 Å². The van der Waals surface area contributed by atoms with Crippen LogP contribution >= 0.6 is 0 Å². The maximum atomic E-state index is 13.4. The number of hydrogen-bond acceptors (Lipinski definition) is 2. The minimum atomic E-state index is -0.819. The molecule has 2 nitrogen and oxygen atoms in total. The summed E-state index contributed by atoms with van der Waals surface area (Å²) in [5.74, 6) is -2.32. The first kappa shape index (κ1) is 11.3. The van der Waals surface area contributed by atoms with Crippen LogP contribution in [0.2, 0.25) is 0 Å². The highest BCUT2D eigenvalue weighted by atomic mass is 19.1. The fourth-order valence-electron chi connectivity index (χ4n) is 1.39. The Morgan fingerprint density at radius 1 is 1.06 bits per heavy atom. The van der Waals surface area contributed by atoms with Crippen molar-refractivity contribution < 1.29 is 18.0 Å². The van der Waals surface area contributed by atoms with E-state index in [9.17, 15) is 18.0 Å². The number of aldehydes is 1. The summed E-state index contributed by atoms with van der Waals surface area (Å²) in [7, 11) is 0. The van der Waals surface area contributed by atoms with Gasteiger partial charge in [-0.3, -0.25) is 9.78 Å². The molecule has 0 amide bonds. The van der Waals surface area contributed by atoms with Gasteiger partial charge in [-0.15, -0.1) is 0 Å². The second kappa shape index (κ2) is 4.37. The minimum Gasteiger partial charge on any atom is -0.298 e. The van der Waals surface area contributed by atoms with Crippen molar-refractivity contribution in [3.05, 3.63) is 53.5 Å². The number of benzene rings is 1. The van der Waals surface area contributed by atoms with E-state index in [1.807, 2.05) is 0 Å². The molecule has 2 rings (SSSR count). The van der Waals surface area contributed by atoms with E-state index in [0.29, 0.717) is 12.4 Å². The number of aromatic nitrogens is 1. The Hall–Kier alpha value is -2.17. The van der Waals surface area contributed by atoms with Crippen molar-refractivity contribution in [2.24, 2.45) is 0 Å². The van der Waals surface area contributed by atoms with Crippen molar-refractivity contribution in [2.75, 3.05) is 0 Å². The van der Waals surface area contributed by atoms with Crippen molar-refractivity contribution in [3.63, 3.8) is 0 Å². The smallest absolute Gasteiger partial charge is 0.153 e. The largest absolute Gasteiger partial charge is 0.298 e. The molecule has 0 saturated carbocycles. The number of nitrogens with zero attached hydrogens (tertiary/aromatic N) is 1. The maximum absolute atomic E-state index is 13.4. The summed E-state index contributed by atoms with van der Waals surface area (Å²) in [6.07, 6.45) is 1.13. The second-order valence-corrected chi connectivity index (χ2v) is 3.33. The molecular weight excluding hydrogens is 231 g/mol. The van der Waals surface area contributed by atoms with Crippen molar-refractivity contribution in [1.82, 2.24) is 4.98 Å². The molecule has 0 spiro atoms. The van der Waals surface area contributed by atoms with E-state index in [0.717, 1.165) is 18.3 Å². The van der Waals surface area contributed by atoms with Crippen LogP contribution in [0, 0.1) is 17.5 Å². The van der Waals surface area contributed by atoms with Gasteiger partial charge in [-0.2, -0.15) is 0 Å². The van der Waals surface area contributed by atoms with Crippen LogP contribution in [0.15, 0.2) is 30.5 Å². The van der Waals surface area contributed by atoms with Crippen LogP contribution in [0.4, 0.5) is 13.2 Å². The average Bonchev–Trinajstić information content (AvgIpc) is 2.30. The van der Waals surface area contributed by atoms with Gasteiger partial charge in [-0.1, -0.05) is 0 Å². The summed E-state index contributed by atoms with van der Waals surface area (Å²) in [5, 5.41) is 0. The molecule has 0 radical (unpaired) electrons. The Morgan fingerprint density at radius 3 is 2.47 bits per heavy atom. The summed E-state index contributed by atoms with van der Waals surface area (Å²) < 4.78 is 39.1. The normalized spacial score (nSPS) is 10.3.